The summed E-state index contributed by atoms with van der Waals surface area (Å²) in [6.45, 7) is 3.57. The van der Waals surface area contributed by atoms with Gasteiger partial charge in [0.2, 0.25) is 0 Å². The summed E-state index contributed by atoms with van der Waals surface area (Å²) in [6, 6.07) is 8.09. The Kier molecular flexibility index (Phi) is 4.81. The molecule has 0 amide bonds. The van der Waals surface area contributed by atoms with Crippen LogP contribution >= 0.6 is 0 Å². The highest BCUT2D eigenvalue weighted by Gasteiger charge is 2.39. The van der Waals surface area contributed by atoms with Gasteiger partial charge in [-0.2, -0.15) is 0 Å². The van der Waals surface area contributed by atoms with Gasteiger partial charge in [0, 0.05) is 19.6 Å². The van der Waals surface area contributed by atoms with Gasteiger partial charge in [0.15, 0.2) is 0 Å². The van der Waals surface area contributed by atoms with Crippen LogP contribution in [-0.4, -0.2) is 31.6 Å². The SMILES string of the molecule is CN(CCOc1cccc(CN)c1)CC1CC2CCC1C2. The van der Waals surface area contributed by atoms with Crippen LogP contribution in [0.5, 0.6) is 5.75 Å². The van der Waals surface area contributed by atoms with Gasteiger partial charge in [0.05, 0.1) is 0 Å². The minimum atomic E-state index is 0.571. The van der Waals surface area contributed by atoms with E-state index < -0.39 is 0 Å². The molecule has 0 heterocycles. The Morgan fingerprint density at radius 1 is 1.29 bits per heavy atom. The van der Waals surface area contributed by atoms with Gasteiger partial charge >= 0.3 is 0 Å². The fourth-order valence-electron chi connectivity index (χ4n) is 4.17. The highest BCUT2D eigenvalue weighted by Crippen LogP contribution is 2.48. The smallest absolute Gasteiger partial charge is 0.119 e. The van der Waals surface area contributed by atoms with Crippen LogP contribution in [-0.2, 0) is 6.54 Å². The molecule has 0 saturated heterocycles. The van der Waals surface area contributed by atoms with E-state index in [0.717, 1.165) is 42.2 Å². The third kappa shape index (κ3) is 3.78. The van der Waals surface area contributed by atoms with Gasteiger partial charge in [0.25, 0.3) is 0 Å². The topological polar surface area (TPSA) is 38.5 Å². The number of nitrogens with two attached hydrogens (primary N) is 1. The number of nitrogens with zero attached hydrogens (tertiary/aromatic N) is 1. The lowest BCUT2D eigenvalue weighted by atomic mass is 9.88. The summed E-state index contributed by atoms with van der Waals surface area (Å²) in [5, 5.41) is 0. The second-order valence-corrected chi connectivity index (χ2v) is 6.90. The maximum absolute atomic E-state index is 5.85. The van der Waals surface area contributed by atoms with Crippen molar-refractivity contribution in [3.8, 4) is 5.75 Å². The van der Waals surface area contributed by atoms with Gasteiger partial charge in [-0.05, 0) is 61.8 Å². The number of fused-ring (bicyclic) bond motifs is 2. The second-order valence-electron chi connectivity index (χ2n) is 6.90. The predicted molar refractivity (Wildman–Crippen MR) is 86.3 cm³/mol. The molecule has 3 nitrogen and oxygen atoms in total. The number of rotatable bonds is 7. The van der Waals surface area contributed by atoms with E-state index in [2.05, 4.69) is 11.9 Å². The lowest BCUT2D eigenvalue weighted by Gasteiger charge is -2.27. The maximum Gasteiger partial charge on any atom is 0.119 e. The van der Waals surface area contributed by atoms with E-state index in [1.807, 2.05) is 24.3 Å². The van der Waals surface area contributed by atoms with Crippen molar-refractivity contribution in [3.63, 3.8) is 0 Å². The molecule has 1 aromatic rings. The minimum absolute atomic E-state index is 0.571. The van der Waals surface area contributed by atoms with Crippen molar-refractivity contribution < 1.29 is 4.74 Å². The molecule has 2 aliphatic carbocycles. The van der Waals surface area contributed by atoms with Crippen LogP contribution in [0.25, 0.3) is 0 Å². The monoisotopic (exact) mass is 288 g/mol. The minimum Gasteiger partial charge on any atom is -0.492 e. The molecular weight excluding hydrogens is 260 g/mol. The van der Waals surface area contributed by atoms with Crippen molar-refractivity contribution in [1.82, 2.24) is 4.90 Å². The highest BCUT2D eigenvalue weighted by molar-refractivity contribution is 5.28. The summed E-state index contributed by atoms with van der Waals surface area (Å²) in [7, 11) is 2.23. The van der Waals surface area contributed by atoms with Crippen molar-refractivity contribution in [2.45, 2.75) is 32.2 Å². The number of likely N-dealkylation sites (N-methyl/N-ethyl adjacent to an activating group) is 1. The van der Waals surface area contributed by atoms with E-state index in [4.69, 9.17) is 10.5 Å². The van der Waals surface area contributed by atoms with Crippen LogP contribution in [0.1, 0.15) is 31.2 Å². The molecule has 21 heavy (non-hydrogen) atoms. The number of hydrogen-bond donors (Lipinski definition) is 1. The van der Waals surface area contributed by atoms with Crippen LogP contribution in [0.4, 0.5) is 0 Å². The quantitative estimate of drug-likeness (QED) is 0.838. The van der Waals surface area contributed by atoms with Crippen LogP contribution in [0.2, 0.25) is 0 Å². The van der Waals surface area contributed by atoms with Gasteiger partial charge in [0.1, 0.15) is 12.4 Å². The molecule has 0 aromatic heterocycles. The molecule has 3 rings (SSSR count). The van der Waals surface area contributed by atoms with Gasteiger partial charge in [-0.1, -0.05) is 18.6 Å². The zero-order valence-corrected chi connectivity index (χ0v) is 13.1. The molecule has 0 radical (unpaired) electrons. The fourth-order valence-corrected chi connectivity index (χ4v) is 4.17. The molecule has 2 bridgehead atoms. The molecule has 0 aliphatic heterocycles. The maximum atomic E-state index is 5.85. The predicted octanol–water partition coefficient (Wildman–Crippen LogP) is 2.89. The third-order valence-electron chi connectivity index (χ3n) is 5.31. The molecule has 2 saturated carbocycles. The Morgan fingerprint density at radius 3 is 2.90 bits per heavy atom. The van der Waals surface area contributed by atoms with Crippen LogP contribution in [0, 0.1) is 17.8 Å². The van der Waals surface area contributed by atoms with E-state index in [1.54, 1.807) is 0 Å². The first-order valence-corrected chi connectivity index (χ1v) is 8.35. The molecule has 2 aliphatic rings. The van der Waals surface area contributed by atoms with Crippen LogP contribution in [0.15, 0.2) is 24.3 Å². The zero-order chi connectivity index (χ0) is 14.7. The van der Waals surface area contributed by atoms with Gasteiger partial charge in [-0.3, -0.25) is 0 Å². The first-order valence-electron chi connectivity index (χ1n) is 8.35. The van der Waals surface area contributed by atoms with Crippen molar-refractivity contribution in [2.75, 3.05) is 26.7 Å². The number of ether oxygens (including phenoxy) is 1. The summed E-state index contributed by atoms with van der Waals surface area (Å²) in [6.07, 6.45) is 5.94. The largest absolute Gasteiger partial charge is 0.492 e. The molecule has 2 N–H and O–H groups in total. The Bertz CT molecular complexity index is 462. The average molecular weight is 288 g/mol. The van der Waals surface area contributed by atoms with E-state index in [1.165, 1.54) is 32.2 Å². The molecule has 3 atom stereocenters. The van der Waals surface area contributed by atoms with Crippen molar-refractivity contribution in [1.29, 1.82) is 0 Å². The van der Waals surface area contributed by atoms with Crippen molar-refractivity contribution in [3.05, 3.63) is 29.8 Å². The van der Waals surface area contributed by atoms with Crippen molar-refractivity contribution in [2.24, 2.45) is 23.5 Å². The van der Waals surface area contributed by atoms with E-state index >= 15 is 0 Å². The second kappa shape index (κ2) is 6.80. The summed E-state index contributed by atoms with van der Waals surface area (Å²) < 4.78 is 5.85. The van der Waals surface area contributed by atoms with Gasteiger partial charge in [-0.15, -0.1) is 0 Å². The summed E-state index contributed by atoms with van der Waals surface area (Å²) in [5.41, 5.74) is 6.78. The third-order valence-corrected chi connectivity index (χ3v) is 5.31. The van der Waals surface area contributed by atoms with E-state index in [-0.39, 0.29) is 0 Å². The van der Waals surface area contributed by atoms with E-state index in [9.17, 15) is 0 Å². The van der Waals surface area contributed by atoms with Crippen LogP contribution < -0.4 is 10.5 Å². The molecule has 3 unspecified atom stereocenters. The summed E-state index contributed by atoms with van der Waals surface area (Å²) >= 11 is 0. The summed E-state index contributed by atoms with van der Waals surface area (Å²) in [5.74, 6) is 3.93. The molecule has 0 spiro atoms. The molecule has 3 heteroatoms. The Balaban J connectivity index is 1.38. The molecule has 1 aromatic carbocycles. The lowest BCUT2D eigenvalue weighted by molar-refractivity contribution is 0.187. The standard InChI is InChI=1S/C18H28N2O/c1-20(13-17-10-14-5-6-16(17)9-14)7-8-21-18-4-2-3-15(11-18)12-19/h2-4,11,14,16-17H,5-10,12-13,19H2,1H3. The summed E-state index contributed by atoms with van der Waals surface area (Å²) in [4.78, 5) is 2.44. The first-order chi connectivity index (χ1) is 10.2. The normalized spacial score (nSPS) is 27.5. The first kappa shape index (κ1) is 14.9. The molecular formula is C18H28N2O. The fraction of sp³-hybridized carbons (Fsp3) is 0.667. The Morgan fingerprint density at radius 2 is 2.19 bits per heavy atom. The number of hydrogen-bond acceptors (Lipinski definition) is 3. The highest BCUT2D eigenvalue weighted by atomic mass is 16.5. The Hall–Kier alpha value is -1.06. The average Bonchev–Trinajstić information content (AvgIpc) is 3.10. The Labute approximate surface area is 128 Å². The molecule has 116 valence electrons. The lowest BCUT2D eigenvalue weighted by Crippen LogP contribution is -2.31. The van der Waals surface area contributed by atoms with E-state index in [0.29, 0.717) is 6.54 Å². The number of benzene rings is 1. The van der Waals surface area contributed by atoms with Gasteiger partial charge < -0.3 is 15.4 Å². The van der Waals surface area contributed by atoms with Crippen LogP contribution in [0.3, 0.4) is 0 Å². The van der Waals surface area contributed by atoms with Crippen molar-refractivity contribution >= 4 is 0 Å². The van der Waals surface area contributed by atoms with Gasteiger partial charge in [-0.25, -0.2) is 0 Å². The molecule has 2 fully saturated rings. The zero-order valence-electron chi connectivity index (χ0n) is 13.1.